The number of aromatic nitrogens is 1. The predicted molar refractivity (Wildman–Crippen MR) is 105 cm³/mol. The number of hydrogen-bond donors (Lipinski definition) is 2. The van der Waals surface area contributed by atoms with Crippen molar-refractivity contribution in [1.82, 2.24) is 10.4 Å². The molecule has 2 heterocycles. The van der Waals surface area contributed by atoms with Crippen LogP contribution in [0, 0.1) is 16.0 Å². The summed E-state index contributed by atoms with van der Waals surface area (Å²) in [4.78, 5) is 26.3. The first-order valence-electron chi connectivity index (χ1n) is 8.81. The number of methoxy groups -OCH3 is 1. The molecule has 1 amide bonds. The summed E-state index contributed by atoms with van der Waals surface area (Å²) in [6.45, 7) is 1.94. The zero-order valence-corrected chi connectivity index (χ0v) is 15.6. The molecule has 3 aromatic rings. The average Bonchev–Trinajstić information content (AvgIpc) is 3.09. The van der Waals surface area contributed by atoms with Gasteiger partial charge in [-0.3, -0.25) is 14.9 Å². The normalized spacial score (nSPS) is 16.3. The summed E-state index contributed by atoms with van der Waals surface area (Å²) in [6, 6.07) is 9.90. The minimum Gasteiger partial charge on any atom is -0.494 e. The van der Waals surface area contributed by atoms with Crippen molar-refractivity contribution in [1.29, 1.82) is 0 Å². The van der Waals surface area contributed by atoms with Crippen LogP contribution in [-0.4, -0.2) is 28.6 Å². The average molecular weight is 395 g/mol. The van der Waals surface area contributed by atoms with E-state index < -0.39 is 4.92 Å². The van der Waals surface area contributed by atoms with Crippen molar-refractivity contribution in [2.45, 2.75) is 13.3 Å². The van der Waals surface area contributed by atoms with E-state index in [0.717, 1.165) is 11.3 Å². The molecule has 10 heteroatoms. The van der Waals surface area contributed by atoms with Gasteiger partial charge in [-0.05, 0) is 24.3 Å². The Kier molecular flexibility index (Phi) is 4.59. The Balaban J connectivity index is 1.63. The standard InChI is InChI=1S/C19H17N5O5/c1-10-7-17(25)22-23-18(10)11-3-6-15-14(8-11)21-19(29-15)20-13-5-4-12(24(26)27)9-16(13)28-2/h3-6,8-10H,7H2,1-2H3,(H,20,21)(H,22,25). The third kappa shape index (κ3) is 3.59. The molecule has 1 atom stereocenters. The number of nitro groups is 1. The molecule has 0 saturated heterocycles. The highest BCUT2D eigenvalue weighted by Crippen LogP contribution is 2.32. The van der Waals surface area contributed by atoms with Crippen LogP contribution < -0.4 is 15.5 Å². The fourth-order valence-electron chi connectivity index (χ4n) is 3.15. The molecule has 0 fully saturated rings. The number of carbonyl (C=O) groups excluding carboxylic acids is 1. The van der Waals surface area contributed by atoms with E-state index in [2.05, 4.69) is 20.8 Å². The van der Waals surface area contributed by atoms with Gasteiger partial charge < -0.3 is 14.5 Å². The predicted octanol–water partition coefficient (Wildman–Crippen LogP) is 3.35. The van der Waals surface area contributed by atoms with Crippen molar-refractivity contribution in [2.75, 3.05) is 12.4 Å². The summed E-state index contributed by atoms with van der Waals surface area (Å²) >= 11 is 0. The lowest BCUT2D eigenvalue weighted by Crippen LogP contribution is -2.31. The van der Waals surface area contributed by atoms with Gasteiger partial charge in [-0.25, -0.2) is 5.43 Å². The van der Waals surface area contributed by atoms with Gasteiger partial charge in [-0.1, -0.05) is 6.92 Å². The number of rotatable bonds is 5. The lowest BCUT2D eigenvalue weighted by atomic mass is 9.94. The molecular formula is C19H17N5O5. The second-order valence-corrected chi connectivity index (χ2v) is 6.61. The highest BCUT2D eigenvalue weighted by Gasteiger charge is 2.22. The number of ether oxygens (including phenoxy) is 1. The number of non-ortho nitro benzene ring substituents is 1. The zero-order chi connectivity index (χ0) is 20.5. The fraction of sp³-hybridized carbons (Fsp3) is 0.211. The van der Waals surface area contributed by atoms with Crippen LogP contribution in [0.25, 0.3) is 11.1 Å². The smallest absolute Gasteiger partial charge is 0.300 e. The van der Waals surface area contributed by atoms with Crippen LogP contribution >= 0.6 is 0 Å². The topological polar surface area (TPSA) is 132 Å². The largest absolute Gasteiger partial charge is 0.494 e. The van der Waals surface area contributed by atoms with E-state index in [0.29, 0.717) is 29.0 Å². The molecule has 1 aromatic heterocycles. The molecule has 4 rings (SSSR count). The van der Waals surface area contributed by atoms with E-state index >= 15 is 0 Å². The third-order valence-corrected chi connectivity index (χ3v) is 4.58. The molecule has 1 unspecified atom stereocenters. The van der Waals surface area contributed by atoms with Gasteiger partial charge in [0.05, 0.1) is 29.5 Å². The van der Waals surface area contributed by atoms with Gasteiger partial charge >= 0.3 is 0 Å². The Labute approximate surface area is 164 Å². The van der Waals surface area contributed by atoms with Gasteiger partial charge in [0.15, 0.2) is 5.58 Å². The van der Waals surface area contributed by atoms with Crippen LogP contribution in [0.1, 0.15) is 18.9 Å². The molecule has 0 bridgehead atoms. The number of amides is 1. The molecule has 0 aliphatic carbocycles. The molecule has 29 heavy (non-hydrogen) atoms. The molecule has 0 spiro atoms. The SMILES string of the molecule is COc1cc([N+](=O)[O-])ccc1Nc1nc2cc(C3=NNC(=O)CC3C)ccc2o1. The molecular weight excluding hydrogens is 378 g/mol. The molecule has 1 aliphatic heterocycles. The van der Waals surface area contributed by atoms with Gasteiger partial charge in [-0.2, -0.15) is 10.1 Å². The second-order valence-electron chi connectivity index (χ2n) is 6.61. The van der Waals surface area contributed by atoms with E-state index in [-0.39, 0.29) is 23.5 Å². The molecule has 148 valence electrons. The molecule has 10 nitrogen and oxygen atoms in total. The molecule has 0 saturated carbocycles. The van der Waals surface area contributed by atoms with E-state index in [1.165, 1.54) is 25.3 Å². The Morgan fingerprint density at radius 2 is 2.14 bits per heavy atom. The van der Waals surface area contributed by atoms with E-state index in [9.17, 15) is 14.9 Å². The van der Waals surface area contributed by atoms with Crippen molar-refractivity contribution in [3.8, 4) is 5.75 Å². The highest BCUT2D eigenvalue weighted by atomic mass is 16.6. The van der Waals surface area contributed by atoms with E-state index in [1.807, 2.05) is 19.1 Å². The molecule has 0 radical (unpaired) electrons. The number of nitro benzene ring substituents is 1. The van der Waals surface area contributed by atoms with Crippen molar-refractivity contribution in [3.63, 3.8) is 0 Å². The molecule has 2 aromatic carbocycles. The first kappa shape index (κ1) is 18.4. The number of hydrogen-bond acceptors (Lipinski definition) is 8. The van der Waals surface area contributed by atoms with E-state index in [1.54, 1.807) is 6.07 Å². The van der Waals surface area contributed by atoms with Crippen LogP contribution in [0.5, 0.6) is 5.75 Å². The number of benzene rings is 2. The Bertz CT molecular complexity index is 1150. The van der Waals surface area contributed by atoms with Crippen molar-refractivity contribution >= 4 is 40.1 Å². The first-order valence-corrected chi connectivity index (χ1v) is 8.81. The number of anilines is 2. The number of nitrogens with zero attached hydrogens (tertiary/aromatic N) is 3. The molecule has 1 aliphatic rings. The third-order valence-electron chi connectivity index (χ3n) is 4.58. The maximum atomic E-state index is 11.4. The lowest BCUT2D eigenvalue weighted by Gasteiger charge is -2.18. The summed E-state index contributed by atoms with van der Waals surface area (Å²) < 4.78 is 10.9. The quantitative estimate of drug-likeness (QED) is 0.500. The van der Waals surface area contributed by atoms with Crippen LogP contribution in [0.3, 0.4) is 0 Å². The number of carbonyl (C=O) groups is 1. The minimum atomic E-state index is -0.495. The number of oxazole rings is 1. The minimum absolute atomic E-state index is 0.00457. The Hall–Kier alpha value is -3.95. The number of hydrazone groups is 1. The van der Waals surface area contributed by atoms with Gasteiger partial charge in [-0.15, -0.1) is 0 Å². The van der Waals surface area contributed by atoms with Gasteiger partial charge in [0.25, 0.3) is 11.7 Å². The highest BCUT2D eigenvalue weighted by molar-refractivity contribution is 6.07. The monoisotopic (exact) mass is 395 g/mol. The van der Waals surface area contributed by atoms with E-state index in [4.69, 9.17) is 9.15 Å². The Morgan fingerprint density at radius 1 is 1.31 bits per heavy atom. The molecule has 2 N–H and O–H groups in total. The summed E-state index contributed by atoms with van der Waals surface area (Å²) in [6.07, 6.45) is 0.377. The maximum Gasteiger partial charge on any atom is 0.300 e. The van der Waals surface area contributed by atoms with Crippen LogP contribution in [-0.2, 0) is 4.79 Å². The van der Waals surface area contributed by atoms with Gasteiger partial charge in [0, 0.05) is 24.0 Å². The lowest BCUT2D eigenvalue weighted by molar-refractivity contribution is -0.384. The number of nitrogens with one attached hydrogen (secondary N) is 2. The van der Waals surface area contributed by atoms with Crippen LogP contribution in [0.15, 0.2) is 45.9 Å². The van der Waals surface area contributed by atoms with Gasteiger partial charge in [0.1, 0.15) is 11.3 Å². The van der Waals surface area contributed by atoms with Crippen molar-refractivity contribution < 1.29 is 18.9 Å². The fourth-order valence-corrected chi connectivity index (χ4v) is 3.15. The van der Waals surface area contributed by atoms with Crippen LogP contribution in [0.2, 0.25) is 0 Å². The number of fused-ring (bicyclic) bond motifs is 1. The zero-order valence-electron chi connectivity index (χ0n) is 15.6. The second kappa shape index (κ2) is 7.23. The maximum absolute atomic E-state index is 11.4. The van der Waals surface area contributed by atoms with Crippen molar-refractivity contribution in [3.05, 3.63) is 52.1 Å². The van der Waals surface area contributed by atoms with Crippen LogP contribution in [0.4, 0.5) is 17.4 Å². The van der Waals surface area contributed by atoms with Gasteiger partial charge in [0.2, 0.25) is 5.91 Å². The summed E-state index contributed by atoms with van der Waals surface area (Å²) in [5, 5.41) is 18.1. The summed E-state index contributed by atoms with van der Waals surface area (Å²) in [7, 11) is 1.42. The summed E-state index contributed by atoms with van der Waals surface area (Å²) in [5.74, 6) is 0.186. The summed E-state index contributed by atoms with van der Waals surface area (Å²) in [5.41, 5.74) is 5.70. The van der Waals surface area contributed by atoms with Crippen molar-refractivity contribution in [2.24, 2.45) is 11.0 Å². The first-order chi connectivity index (χ1) is 13.9. The Morgan fingerprint density at radius 3 is 2.86 bits per heavy atom.